The van der Waals surface area contributed by atoms with Crippen molar-refractivity contribution in [3.05, 3.63) is 42.0 Å². The summed E-state index contributed by atoms with van der Waals surface area (Å²) in [6.45, 7) is 1.15. The Kier molecular flexibility index (Phi) is 4.58. The van der Waals surface area contributed by atoms with Crippen LogP contribution in [0.1, 0.15) is 12.0 Å². The molecular weight excluding hydrogens is 252 g/mol. The highest BCUT2D eigenvalue weighted by Crippen LogP contribution is 2.26. The van der Waals surface area contributed by atoms with Crippen LogP contribution in [0.2, 0.25) is 0 Å². The van der Waals surface area contributed by atoms with Crippen LogP contribution in [0, 0.1) is 0 Å². The van der Waals surface area contributed by atoms with Gasteiger partial charge in [-0.2, -0.15) is 0 Å². The molecule has 20 heavy (non-hydrogen) atoms. The number of fused-ring (bicyclic) bond motifs is 1. The van der Waals surface area contributed by atoms with Crippen molar-refractivity contribution in [3.63, 3.8) is 0 Å². The molecule has 0 aromatic heterocycles. The number of nitrogens with zero attached hydrogens (tertiary/aromatic N) is 1. The number of benzene rings is 2. The first-order chi connectivity index (χ1) is 9.59. The van der Waals surface area contributed by atoms with Gasteiger partial charge in [0.05, 0.1) is 0 Å². The van der Waals surface area contributed by atoms with Crippen LogP contribution >= 0.6 is 0 Å². The molecule has 0 heterocycles. The van der Waals surface area contributed by atoms with E-state index in [4.69, 9.17) is 0 Å². The SMILES string of the molecule is CN(C)C(=O)CCNCc1c(O)ccc2ccccc12. The van der Waals surface area contributed by atoms with Gasteiger partial charge < -0.3 is 15.3 Å². The number of amides is 1. The lowest BCUT2D eigenvalue weighted by atomic mass is 10.0. The van der Waals surface area contributed by atoms with Gasteiger partial charge in [-0.05, 0) is 16.8 Å². The minimum Gasteiger partial charge on any atom is -0.508 e. The Morgan fingerprint density at radius 1 is 1.20 bits per heavy atom. The van der Waals surface area contributed by atoms with Crippen LogP contribution < -0.4 is 5.32 Å². The lowest BCUT2D eigenvalue weighted by Gasteiger charge is -2.12. The fraction of sp³-hybridized carbons (Fsp3) is 0.312. The van der Waals surface area contributed by atoms with E-state index >= 15 is 0 Å². The largest absolute Gasteiger partial charge is 0.508 e. The number of phenolic OH excluding ortho intramolecular Hbond substituents is 1. The molecule has 4 heteroatoms. The van der Waals surface area contributed by atoms with Crippen LogP contribution in [0.5, 0.6) is 5.75 Å². The van der Waals surface area contributed by atoms with E-state index in [1.165, 1.54) is 0 Å². The number of rotatable bonds is 5. The number of aromatic hydroxyl groups is 1. The summed E-state index contributed by atoms with van der Waals surface area (Å²) in [6, 6.07) is 11.6. The average Bonchev–Trinajstić information content (AvgIpc) is 2.45. The van der Waals surface area contributed by atoms with E-state index in [-0.39, 0.29) is 11.7 Å². The van der Waals surface area contributed by atoms with Gasteiger partial charge in [0.15, 0.2) is 0 Å². The van der Waals surface area contributed by atoms with E-state index in [0.717, 1.165) is 16.3 Å². The molecule has 2 aromatic rings. The van der Waals surface area contributed by atoms with Gasteiger partial charge in [-0.25, -0.2) is 0 Å². The van der Waals surface area contributed by atoms with Crippen LogP contribution in [0.15, 0.2) is 36.4 Å². The van der Waals surface area contributed by atoms with Crippen LogP contribution in [-0.4, -0.2) is 36.6 Å². The Balaban J connectivity index is 2.03. The second-order valence-electron chi connectivity index (χ2n) is 5.00. The number of hydrogen-bond donors (Lipinski definition) is 2. The van der Waals surface area contributed by atoms with Crippen LogP contribution in [0.4, 0.5) is 0 Å². The third-order valence-corrected chi connectivity index (χ3v) is 3.33. The van der Waals surface area contributed by atoms with Crippen molar-refractivity contribution in [1.82, 2.24) is 10.2 Å². The fourth-order valence-corrected chi connectivity index (χ4v) is 2.14. The van der Waals surface area contributed by atoms with Crippen molar-refractivity contribution in [2.24, 2.45) is 0 Å². The topological polar surface area (TPSA) is 52.6 Å². The molecule has 0 unspecified atom stereocenters. The van der Waals surface area contributed by atoms with Crippen LogP contribution in [0.25, 0.3) is 10.8 Å². The van der Waals surface area contributed by atoms with Gasteiger partial charge in [0, 0.05) is 39.2 Å². The summed E-state index contributed by atoms with van der Waals surface area (Å²) in [7, 11) is 3.50. The number of nitrogens with one attached hydrogen (secondary N) is 1. The summed E-state index contributed by atoms with van der Waals surface area (Å²) in [4.78, 5) is 13.1. The quantitative estimate of drug-likeness (QED) is 0.820. The summed E-state index contributed by atoms with van der Waals surface area (Å²) in [5.41, 5.74) is 0.875. The van der Waals surface area contributed by atoms with Crippen molar-refractivity contribution >= 4 is 16.7 Å². The Bertz CT molecular complexity index is 608. The molecule has 0 radical (unpaired) electrons. The molecule has 0 fully saturated rings. The number of carbonyl (C=O) groups is 1. The zero-order valence-electron chi connectivity index (χ0n) is 11.9. The van der Waals surface area contributed by atoms with Crippen molar-refractivity contribution in [2.45, 2.75) is 13.0 Å². The van der Waals surface area contributed by atoms with Crippen LogP contribution in [-0.2, 0) is 11.3 Å². The minimum atomic E-state index is 0.0969. The zero-order valence-corrected chi connectivity index (χ0v) is 11.9. The highest BCUT2D eigenvalue weighted by molar-refractivity contribution is 5.87. The molecule has 0 saturated heterocycles. The first-order valence-corrected chi connectivity index (χ1v) is 6.70. The zero-order chi connectivity index (χ0) is 14.5. The van der Waals surface area contributed by atoms with Crippen molar-refractivity contribution in [1.29, 1.82) is 0 Å². The van der Waals surface area contributed by atoms with Crippen molar-refractivity contribution < 1.29 is 9.90 Å². The molecular formula is C16H20N2O2. The van der Waals surface area contributed by atoms with Crippen molar-refractivity contribution in [3.8, 4) is 5.75 Å². The highest BCUT2D eigenvalue weighted by Gasteiger charge is 2.07. The monoisotopic (exact) mass is 272 g/mol. The maximum Gasteiger partial charge on any atom is 0.223 e. The number of carbonyl (C=O) groups excluding carboxylic acids is 1. The van der Waals surface area contributed by atoms with E-state index in [0.29, 0.717) is 19.5 Å². The third-order valence-electron chi connectivity index (χ3n) is 3.33. The molecule has 0 bridgehead atoms. The predicted molar refractivity (Wildman–Crippen MR) is 80.6 cm³/mol. The molecule has 0 aliphatic heterocycles. The molecule has 0 aliphatic carbocycles. The van der Waals surface area contributed by atoms with Gasteiger partial charge in [-0.1, -0.05) is 30.3 Å². The summed E-state index contributed by atoms with van der Waals surface area (Å²) < 4.78 is 0. The van der Waals surface area contributed by atoms with Gasteiger partial charge in [-0.15, -0.1) is 0 Å². The second kappa shape index (κ2) is 6.39. The first-order valence-electron chi connectivity index (χ1n) is 6.70. The maximum absolute atomic E-state index is 11.5. The predicted octanol–water partition coefficient (Wildman–Crippen LogP) is 2.11. The number of phenols is 1. The Morgan fingerprint density at radius 3 is 2.70 bits per heavy atom. The van der Waals surface area contributed by atoms with E-state index in [1.54, 1.807) is 25.1 Å². The molecule has 2 N–H and O–H groups in total. The minimum absolute atomic E-state index is 0.0969. The van der Waals surface area contributed by atoms with E-state index in [2.05, 4.69) is 5.32 Å². The third kappa shape index (κ3) is 3.27. The van der Waals surface area contributed by atoms with Crippen LogP contribution in [0.3, 0.4) is 0 Å². The number of hydrogen-bond acceptors (Lipinski definition) is 3. The summed E-state index contributed by atoms with van der Waals surface area (Å²) in [5.74, 6) is 0.384. The second-order valence-corrected chi connectivity index (χ2v) is 5.00. The molecule has 106 valence electrons. The van der Waals surface area contributed by atoms with Gasteiger partial charge in [0.25, 0.3) is 0 Å². The lowest BCUT2D eigenvalue weighted by molar-refractivity contribution is -0.128. The van der Waals surface area contributed by atoms with E-state index < -0.39 is 0 Å². The summed E-state index contributed by atoms with van der Waals surface area (Å²) >= 11 is 0. The molecule has 2 rings (SSSR count). The van der Waals surface area contributed by atoms with Crippen molar-refractivity contribution in [2.75, 3.05) is 20.6 Å². The average molecular weight is 272 g/mol. The van der Waals surface area contributed by atoms with Gasteiger partial charge >= 0.3 is 0 Å². The molecule has 1 amide bonds. The fourth-order valence-electron chi connectivity index (χ4n) is 2.14. The molecule has 0 saturated carbocycles. The Hall–Kier alpha value is -2.07. The van der Waals surface area contributed by atoms with E-state index in [1.807, 2.05) is 30.3 Å². The molecule has 2 aromatic carbocycles. The maximum atomic E-state index is 11.5. The summed E-state index contributed by atoms with van der Waals surface area (Å²) in [6.07, 6.45) is 0.457. The van der Waals surface area contributed by atoms with Gasteiger partial charge in [-0.3, -0.25) is 4.79 Å². The smallest absolute Gasteiger partial charge is 0.223 e. The lowest BCUT2D eigenvalue weighted by Crippen LogP contribution is -2.26. The van der Waals surface area contributed by atoms with E-state index in [9.17, 15) is 9.90 Å². The van der Waals surface area contributed by atoms with Gasteiger partial charge in [0.1, 0.15) is 5.75 Å². The summed E-state index contributed by atoms with van der Waals surface area (Å²) in [5, 5.41) is 15.3. The first kappa shape index (κ1) is 14.3. The molecule has 0 atom stereocenters. The molecule has 0 spiro atoms. The Labute approximate surface area is 119 Å². The standard InChI is InChI=1S/C16H20N2O2/c1-18(2)16(20)9-10-17-11-14-13-6-4-3-5-12(13)7-8-15(14)19/h3-8,17,19H,9-11H2,1-2H3. The highest BCUT2D eigenvalue weighted by atomic mass is 16.3. The Morgan fingerprint density at radius 2 is 1.95 bits per heavy atom. The van der Waals surface area contributed by atoms with Gasteiger partial charge in [0.2, 0.25) is 5.91 Å². The molecule has 4 nitrogen and oxygen atoms in total. The normalized spacial score (nSPS) is 10.7. The molecule has 0 aliphatic rings.